The fourth-order valence-electron chi connectivity index (χ4n) is 2.84. The fourth-order valence-corrected chi connectivity index (χ4v) is 2.84. The first-order valence-corrected chi connectivity index (χ1v) is 6.60. The minimum atomic E-state index is -0.654. The predicted octanol–water partition coefficient (Wildman–Crippen LogP) is 1.50. The van der Waals surface area contributed by atoms with Crippen LogP contribution in [0.25, 0.3) is 5.65 Å². The molecule has 2 aromatic heterocycles. The van der Waals surface area contributed by atoms with E-state index in [1.165, 1.54) is 0 Å². The number of carbonyl (C=O) groups is 1. The first-order chi connectivity index (χ1) is 9.28. The Morgan fingerprint density at radius 1 is 1.42 bits per heavy atom. The molecule has 19 heavy (non-hydrogen) atoms. The van der Waals surface area contributed by atoms with Crippen LogP contribution in [0.1, 0.15) is 38.4 Å². The number of carbonyl (C=O) groups excluding carboxylic acids is 1. The first-order valence-electron chi connectivity index (χ1n) is 6.60. The molecule has 100 valence electrons. The van der Waals surface area contributed by atoms with Crippen molar-refractivity contribution in [1.82, 2.24) is 19.6 Å². The van der Waals surface area contributed by atoms with Gasteiger partial charge >= 0.3 is 5.97 Å². The quantitative estimate of drug-likeness (QED) is 0.782. The Morgan fingerprint density at radius 3 is 2.95 bits per heavy atom. The Bertz CT molecular complexity index is 601. The highest BCUT2D eigenvalue weighted by Crippen LogP contribution is 2.41. The highest BCUT2D eigenvalue weighted by molar-refractivity contribution is 5.82. The molecule has 0 saturated heterocycles. The molecule has 2 heterocycles. The van der Waals surface area contributed by atoms with Crippen molar-refractivity contribution in [2.45, 2.75) is 38.0 Å². The average Bonchev–Trinajstić information content (AvgIpc) is 3.06. The molecular formula is C13H16N4O2. The minimum Gasteiger partial charge on any atom is -0.465 e. The number of rotatable bonds is 3. The predicted molar refractivity (Wildman–Crippen MR) is 67.6 cm³/mol. The third-order valence-corrected chi connectivity index (χ3v) is 3.77. The van der Waals surface area contributed by atoms with Crippen molar-refractivity contribution in [1.29, 1.82) is 0 Å². The monoisotopic (exact) mass is 260 g/mol. The van der Waals surface area contributed by atoms with Crippen molar-refractivity contribution in [2.75, 3.05) is 6.61 Å². The van der Waals surface area contributed by atoms with Crippen LogP contribution >= 0.6 is 0 Å². The Labute approximate surface area is 110 Å². The molecule has 0 N–H and O–H groups in total. The molecule has 0 aliphatic heterocycles. The smallest absolute Gasteiger partial charge is 0.319 e. The molecule has 1 saturated carbocycles. The van der Waals surface area contributed by atoms with Crippen molar-refractivity contribution in [3.63, 3.8) is 0 Å². The second-order valence-electron chi connectivity index (χ2n) is 4.84. The average molecular weight is 260 g/mol. The van der Waals surface area contributed by atoms with Gasteiger partial charge in [0.15, 0.2) is 11.5 Å². The minimum absolute atomic E-state index is 0.189. The lowest BCUT2D eigenvalue weighted by molar-refractivity contribution is -0.150. The zero-order valence-electron chi connectivity index (χ0n) is 10.9. The van der Waals surface area contributed by atoms with Gasteiger partial charge in [-0.1, -0.05) is 12.8 Å². The molecule has 0 amide bonds. The highest BCUT2D eigenvalue weighted by Gasteiger charge is 2.47. The molecule has 2 aromatic rings. The van der Waals surface area contributed by atoms with Crippen LogP contribution in [0, 0.1) is 0 Å². The van der Waals surface area contributed by atoms with Crippen LogP contribution in [0.3, 0.4) is 0 Å². The molecule has 0 bridgehead atoms. The van der Waals surface area contributed by atoms with E-state index in [4.69, 9.17) is 4.74 Å². The Kier molecular flexibility index (Phi) is 2.93. The third kappa shape index (κ3) is 1.78. The Balaban J connectivity index is 2.12. The summed E-state index contributed by atoms with van der Waals surface area (Å²) >= 11 is 0. The van der Waals surface area contributed by atoms with Crippen molar-refractivity contribution in [3.8, 4) is 0 Å². The summed E-state index contributed by atoms with van der Waals surface area (Å²) in [6.45, 7) is 2.21. The van der Waals surface area contributed by atoms with Gasteiger partial charge < -0.3 is 4.74 Å². The van der Waals surface area contributed by atoms with Crippen molar-refractivity contribution in [2.24, 2.45) is 0 Å². The zero-order valence-corrected chi connectivity index (χ0v) is 10.9. The van der Waals surface area contributed by atoms with E-state index in [0.29, 0.717) is 18.1 Å². The summed E-state index contributed by atoms with van der Waals surface area (Å²) in [6.07, 6.45) is 6.87. The van der Waals surface area contributed by atoms with E-state index in [1.54, 1.807) is 23.0 Å². The summed E-state index contributed by atoms with van der Waals surface area (Å²) in [4.78, 5) is 16.5. The SMILES string of the molecule is CCOC(=O)C1(c2nnc3ccncn23)CCCC1. The van der Waals surface area contributed by atoms with Crippen LogP contribution in [0.4, 0.5) is 0 Å². The fraction of sp³-hybridized carbons (Fsp3) is 0.538. The number of hydrogen-bond acceptors (Lipinski definition) is 5. The van der Waals surface area contributed by atoms with E-state index in [9.17, 15) is 4.79 Å². The van der Waals surface area contributed by atoms with Gasteiger partial charge in [0.1, 0.15) is 11.7 Å². The summed E-state index contributed by atoms with van der Waals surface area (Å²) in [5.74, 6) is 0.470. The lowest BCUT2D eigenvalue weighted by Crippen LogP contribution is -2.36. The van der Waals surface area contributed by atoms with Gasteiger partial charge in [-0.2, -0.15) is 0 Å². The molecule has 1 aliphatic rings. The van der Waals surface area contributed by atoms with Crippen LogP contribution in [-0.2, 0) is 14.9 Å². The van der Waals surface area contributed by atoms with Gasteiger partial charge in [-0.3, -0.25) is 9.20 Å². The molecule has 3 rings (SSSR count). The highest BCUT2D eigenvalue weighted by atomic mass is 16.5. The van der Waals surface area contributed by atoms with Crippen LogP contribution in [0.15, 0.2) is 18.6 Å². The van der Waals surface area contributed by atoms with Gasteiger partial charge in [0.2, 0.25) is 0 Å². The maximum atomic E-state index is 12.4. The van der Waals surface area contributed by atoms with E-state index in [2.05, 4.69) is 15.2 Å². The molecule has 1 aliphatic carbocycles. The number of aromatic nitrogens is 4. The van der Waals surface area contributed by atoms with Gasteiger partial charge in [-0.05, 0) is 19.8 Å². The van der Waals surface area contributed by atoms with Crippen LogP contribution in [0.5, 0.6) is 0 Å². The molecule has 0 spiro atoms. The van der Waals surface area contributed by atoms with Gasteiger partial charge in [-0.15, -0.1) is 10.2 Å². The normalized spacial score (nSPS) is 17.7. The standard InChI is InChI=1S/C13H16N4O2/c1-2-19-12(18)13(6-3-4-7-13)11-16-15-10-5-8-14-9-17(10)11/h5,8-9H,2-4,6-7H2,1H3. The lowest BCUT2D eigenvalue weighted by atomic mass is 9.85. The summed E-state index contributed by atoms with van der Waals surface area (Å²) in [6, 6.07) is 1.78. The van der Waals surface area contributed by atoms with Crippen LogP contribution in [0.2, 0.25) is 0 Å². The molecule has 0 atom stereocenters. The first kappa shape index (κ1) is 12.1. The van der Waals surface area contributed by atoms with Crippen LogP contribution in [-0.4, -0.2) is 32.2 Å². The van der Waals surface area contributed by atoms with Gasteiger partial charge in [-0.25, -0.2) is 4.98 Å². The molecule has 6 heteroatoms. The van der Waals surface area contributed by atoms with Gasteiger partial charge in [0.05, 0.1) is 6.61 Å². The van der Waals surface area contributed by atoms with Crippen LogP contribution < -0.4 is 0 Å². The number of ether oxygens (including phenoxy) is 1. The zero-order chi connectivity index (χ0) is 13.3. The second-order valence-corrected chi connectivity index (χ2v) is 4.84. The number of nitrogens with zero attached hydrogens (tertiary/aromatic N) is 4. The molecule has 0 radical (unpaired) electrons. The molecule has 0 unspecified atom stereocenters. The number of hydrogen-bond donors (Lipinski definition) is 0. The summed E-state index contributed by atoms with van der Waals surface area (Å²) in [5.41, 5.74) is 0.0546. The summed E-state index contributed by atoms with van der Waals surface area (Å²) in [7, 11) is 0. The van der Waals surface area contributed by atoms with Gasteiger partial charge in [0, 0.05) is 12.3 Å². The lowest BCUT2D eigenvalue weighted by Gasteiger charge is -2.24. The summed E-state index contributed by atoms with van der Waals surface area (Å²) in [5, 5.41) is 8.34. The maximum absolute atomic E-state index is 12.4. The number of esters is 1. The van der Waals surface area contributed by atoms with E-state index in [0.717, 1.165) is 25.7 Å². The van der Waals surface area contributed by atoms with Crippen molar-refractivity contribution >= 4 is 11.6 Å². The molecule has 1 fully saturated rings. The second kappa shape index (κ2) is 4.60. The van der Waals surface area contributed by atoms with Crippen molar-refractivity contribution in [3.05, 3.63) is 24.4 Å². The molecular weight excluding hydrogens is 244 g/mol. The van der Waals surface area contributed by atoms with E-state index in [-0.39, 0.29) is 5.97 Å². The maximum Gasteiger partial charge on any atom is 0.319 e. The Hall–Kier alpha value is -1.98. The third-order valence-electron chi connectivity index (χ3n) is 3.77. The Morgan fingerprint density at radius 2 is 2.21 bits per heavy atom. The number of fused-ring (bicyclic) bond motifs is 1. The molecule has 6 nitrogen and oxygen atoms in total. The molecule has 0 aromatic carbocycles. The van der Waals surface area contributed by atoms with Gasteiger partial charge in [0.25, 0.3) is 0 Å². The van der Waals surface area contributed by atoms with E-state index >= 15 is 0 Å². The van der Waals surface area contributed by atoms with Crippen molar-refractivity contribution < 1.29 is 9.53 Å². The largest absolute Gasteiger partial charge is 0.465 e. The van der Waals surface area contributed by atoms with E-state index in [1.807, 2.05) is 6.92 Å². The van der Waals surface area contributed by atoms with E-state index < -0.39 is 5.41 Å². The summed E-state index contributed by atoms with van der Waals surface area (Å²) < 4.78 is 7.06. The topological polar surface area (TPSA) is 69.4 Å².